The van der Waals surface area contributed by atoms with Gasteiger partial charge in [-0.25, -0.2) is 4.39 Å². The van der Waals surface area contributed by atoms with Crippen LogP contribution in [0.4, 0.5) is 15.8 Å². The van der Waals surface area contributed by atoms with Gasteiger partial charge in [0.15, 0.2) is 11.5 Å². The lowest BCUT2D eigenvalue weighted by Crippen LogP contribution is -2.15. The molecule has 1 aliphatic rings. The predicted molar refractivity (Wildman–Crippen MR) is 110 cm³/mol. The summed E-state index contributed by atoms with van der Waals surface area (Å²) in [6, 6.07) is 18.4. The summed E-state index contributed by atoms with van der Waals surface area (Å²) in [5.41, 5.74) is 1.77. The second-order valence-corrected chi connectivity index (χ2v) is 6.75. The summed E-state index contributed by atoms with van der Waals surface area (Å²) in [6.45, 7) is 0.117. The first-order chi connectivity index (χ1) is 14.6. The number of rotatable bonds is 6. The van der Waals surface area contributed by atoms with Crippen LogP contribution in [-0.2, 0) is 11.2 Å². The van der Waals surface area contributed by atoms with Crippen molar-refractivity contribution in [3.63, 3.8) is 0 Å². The molecule has 7 heteroatoms. The third-order valence-electron chi connectivity index (χ3n) is 4.62. The molecule has 0 aliphatic carbocycles. The van der Waals surface area contributed by atoms with Gasteiger partial charge in [-0.2, -0.15) is 0 Å². The summed E-state index contributed by atoms with van der Waals surface area (Å²) >= 11 is 0. The summed E-state index contributed by atoms with van der Waals surface area (Å²) in [6.07, 6.45) is 0.770. The van der Waals surface area contributed by atoms with Crippen LogP contribution in [0.25, 0.3) is 0 Å². The van der Waals surface area contributed by atoms with Gasteiger partial charge in [0, 0.05) is 17.7 Å². The van der Waals surface area contributed by atoms with Gasteiger partial charge in [0.2, 0.25) is 12.7 Å². The maximum absolute atomic E-state index is 14.1. The monoisotopic (exact) mass is 406 g/mol. The second-order valence-electron chi connectivity index (χ2n) is 6.75. The van der Waals surface area contributed by atoms with Crippen molar-refractivity contribution < 1.29 is 23.5 Å². The molecule has 1 heterocycles. The SMILES string of the molecule is O=C(CCc1ccccc1)Nc1cc(NC(=O)c2ccc3c(c2)OCO3)ccc1F. The first-order valence-electron chi connectivity index (χ1n) is 9.43. The minimum atomic E-state index is -0.580. The number of hydrogen-bond donors (Lipinski definition) is 2. The molecular weight excluding hydrogens is 387 g/mol. The number of halogens is 1. The van der Waals surface area contributed by atoms with Crippen LogP contribution in [0, 0.1) is 5.82 Å². The van der Waals surface area contributed by atoms with E-state index in [-0.39, 0.29) is 30.7 Å². The Morgan fingerprint density at radius 1 is 0.900 bits per heavy atom. The Labute approximate surface area is 172 Å². The first-order valence-corrected chi connectivity index (χ1v) is 9.43. The molecule has 0 radical (unpaired) electrons. The summed E-state index contributed by atoms with van der Waals surface area (Å²) in [4.78, 5) is 24.7. The predicted octanol–water partition coefficient (Wildman–Crippen LogP) is 4.38. The molecule has 0 bridgehead atoms. The zero-order chi connectivity index (χ0) is 20.9. The van der Waals surface area contributed by atoms with E-state index in [0.717, 1.165) is 5.56 Å². The summed E-state index contributed by atoms with van der Waals surface area (Å²) in [7, 11) is 0. The maximum atomic E-state index is 14.1. The van der Waals surface area contributed by atoms with Crippen LogP contribution >= 0.6 is 0 Å². The Hall–Kier alpha value is -3.87. The lowest BCUT2D eigenvalue weighted by atomic mass is 10.1. The summed E-state index contributed by atoms with van der Waals surface area (Å²) < 4.78 is 24.6. The normalized spacial score (nSPS) is 11.8. The van der Waals surface area contributed by atoms with E-state index in [1.54, 1.807) is 18.2 Å². The average molecular weight is 406 g/mol. The molecular formula is C23H19FN2O4. The quantitative estimate of drug-likeness (QED) is 0.637. The molecule has 2 amide bonds. The molecule has 0 spiro atoms. The van der Waals surface area contributed by atoms with Gasteiger partial charge in [0.25, 0.3) is 5.91 Å². The molecule has 152 valence electrons. The number of fused-ring (bicyclic) bond motifs is 1. The number of benzene rings is 3. The van der Waals surface area contributed by atoms with E-state index in [2.05, 4.69) is 10.6 Å². The molecule has 3 aromatic carbocycles. The second kappa shape index (κ2) is 8.65. The van der Waals surface area contributed by atoms with Gasteiger partial charge in [0.1, 0.15) is 5.82 Å². The summed E-state index contributed by atoms with van der Waals surface area (Å²) in [5.74, 6) is -0.204. The molecule has 0 atom stereocenters. The van der Waals surface area contributed by atoms with Crippen LogP contribution in [0.5, 0.6) is 11.5 Å². The molecule has 30 heavy (non-hydrogen) atoms. The zero-order valence-corrected chi connectivity index (χ0v) is 16.0. The average Bonchev–Trinajstić information content (AvgIpc) is 3.23. The van der Waals surface area contributed by atoms with E-state index in [0.29, 0.717) is 29.2 Å². The molecule has 0 aromatic heterocycles. The molecule has 3 aromatic rings. The summed E-state index contributed by atoms with van der Waals surface area (Å²) in [5, 5.41) is 5.26. The van der Waals surface area contributed by atoms with Crippen LogP contribution in [-0.4, -0.2) is 18.6 Å². The third kappa shape index (κ3) is 4.57. The molecule has 0 unspecified atom stereocenters. The molecule has 4 rings (SSSR count). The largest absolute Gasteiger partial charge is 0.454 e. The Bertz CT molecular complexity index is 1090. The molecule has 0 saturated heterocycles. The number of amides is 2. The van der Waals surface area contributed by atoms with E-state index in [9.17, 15) is 14.0 Å². The molecule has 6 nitrogen and oxygen atoms in total. The van der Waals surface area contributed by atoms with Crippen LogP contribution in [0.15, 0.2) is 66.7 Å². The van der Waals surface area contributed by atoms with Crippen molar-refractivity contribution in [3.05, 3.63) is 83.7 Å². The van der Waals surface area contributed by atoms with Crippen LogP contribution < -0.4 is 20.1 Å². The van der Waals surface area contributed by atoms with E-state index in [1.165, 1.54) is 18.2 Å². The highest BCUT2D eigenvalue weighted by molar-refractivity contribution is 6.05. The highest BCUT2D eigenvalue weighted by atomic mass is 19.1. The molecule has 0 fully saturated rings. The van der Waals surface area contributed by atoms with Gasteiger partial charge in [-0.3, -0.25) is 9.59 Å². The Morgan fingerprint density at radius 3 is 2.53 bits per heavy atom. The van der Waals surface area contributed by atoms with E-state index >= 15 is 0 Å². The number of ether oxygens (including phenoxy) is 2. The fraction of sp³-hybridized carbons (Fsp3) is 0.130. The number of hydrogen-bond acceptors (Lipinski definition) is 4. The first kappa shape index (κ1) is 19.4. The topological polar surface area (TPSA) is 76.7 Å². The third-order valence-corrected chi connectivity index (χ3v) is 4.62. The lowest BCUT2D eigenvalue weighted by molar-refractivity contribution is -0.116. The molecule has 2 N–H and O–H groups in total. The Kier molecular flexibility index (Phi) is 5.61. The van der Waals surface area contributed by atoms with Crippen LogP contribution in [0.2, 0.25) is 0 Å². The highest BCUT2D eigenvalue weighted by Gasteiger charge is 2.17. The smallest absolute Gasteiger partial charge is 0.255 e. The minimum Gasteiger partial charge on any atom is -0.454 e. The van der Waals surface area contributed by atoms with Crippen molar-refractivity contribution >= 4 is 23.2 Å². The lowest BCUT2D eigenvalue weighted by Gasteiger charge is -2.10. The highest BCUT2D eigenvalue weighted by Crippen LogP contribution is 2.32. The van der Waals surface area contributed by atoms with Crippen molar-refractivity contribution in [1.29, 1.82) is 0 Å². The zero-order valence-electron chi connectivity index (χ0n) is 16.0. The van der Waals surface area contributed by atoms with E-state index in [1.807, 2.05) is 30.3 Å². The fourth-order valence-corrected chi connectivity index (χ4v) is 3.06. The molecule has 0 saturated carbocycles. The Morgan fingerprint density at radius 2 is 1.70 bits per heavy atom. The van der Waals surface area contributed by atoms with Crippen molar-refractivity contribution in [2.75, 3.05) is 17.4 Å². The van der Waals surface area contributed by atoms with Gasteiger partial charge in [-0.1, -0.05) is 30.3 Å². The Balaban J connectivity index is 1.40. The number of anilines is 2. The number of carbonyl (C=O) groups excluding carboxylic acids is 2. The van der Waals surface area contributed by atoms with Crippen molar-refractivity contribution in [2.45, 2.75) is 12.8 Å². The van der Waals surface area contributed by atoms with Gasteiger partial charge < -0.3 is 20.1 Å². The van der Waals surface area contributed by atoms with E-state index < -0.39 is 5.82 Å². The molecule has 1 aliphatic heterocycles. The van der Waals surface area contributed by atoms with Gasteiger partial charge in [-0.05, 0) is 48.4 Å². The standard InChI is InChI=1S/C23H19FN2O4/c24-18-9-8-17(25-23(28)16-7-10-20-21(12-16)30-14-29-20)13-19(18)26-22(27)11-6-15-4-2-1-3-5-15/h1-5,7-10,12-13H,6,11,14H2,(H,25,28)(H,26,27). The number of aryl methyl sites for hydroxylation is 1. The van der Waals surface area contributed by atoms with Crippen molar-refractivity contribution in [1.82, 2.24) is 0 Å². The van der Waals surface area contributed by atoms with Crippen LogP contribution in [0.1, 0.15) is 22.3 Å². The van der Waals surface area contributed by atoms with Crippen LogP contribution in [0.3, 0.4) is 0 Å². The van der Waals surface area contributed by atoms with Gasteiger partial charge >= 0.3 is 0 Å². The van der Waals surface area contributed by atoms with E-state index in [4.69, 9.17) is 9.47 Å². The minimum absolute atomic E-state index is 0.0107. The number of carbonyl (C=O) groups is 2. The maximum Gasteiger partial charge on any atom is 0.255 e. The van der Waals surface area contributed by atoms with Gasteiger partial charge in [0.05, 0.1) is 5.69 Å². The van der Waals surface area contributed by atoms with Crippen molar-refractivity contribution in [3.8, 4) is 11.5 Å². The van der Waals surface area contributed by atoms with Crippen molar-refractivity contribution in [2.24, 2.45) is 0 Å². The fourth-order valence-electron chi connectivity index (χ4n) is 3.06. The van der Waals surface area contributed by atoms with Gasteiger partial charge in [-0.15, -0.1) is 0 Å². The number of nitrogens with one attached hydrogen (secondary N) is 2.